The Morgan fingerprint density at radius 2 is 2.36 bits per heavy atom. The van der Waals surface area contributed by atoms with Crippen molar-refractivity contribution in [2.24, 2.45) is 0 Å². The average Bonchev–Trinajstić information content (AvgIpc) is 2.19. The number of piperidine rings is 1. The highest BCUT2D eigenvalue weighted by Gasteiger charge is 2.28. The Bertz CT molecular complexity index is 185. The van der Waals surface area contributed by atoms with Crippen LogP contribution >= 0.6 is 15.9 Å². The Balaban J connectivity index is 2.48. The van der Waals surface area contributed by atoms with Gasteiger partial charge >= 0.3 is 5.97 Å². The molecule has 1 unspecified atom stereocenters. The molecular formula is C10H18BrNO2. The minimum atomic E-state index is -0.0480. The summed E-state index contributed by atoms with van der Waals surface area (Å²) in [6.07, 6.45) is 3.29. The van der Waals surface area contributed by atoms with E-state index in [0.717, 1.165) is 31.3 Å². The summed E-state index contributed by atoms with van der Waals surface area (Å²) in [7, 11) is 0. The normalized spacial score (nSPS) is 23.4. The van der Waals surface area contributed by atoms with Gasteiger partial charge in [-0.1, -0.05) is 22.4 Å². The lowest BCUT2D eigenvalue weighted by atomic mass is 10.0. The Hall–Kier alpha value is -0.0900. The minimum Gasteiger partial charge on any atom is -0.465 e. The van der Waals surface area contributed by atoms with Crippen LogP contribution in [0.3, 0.4) is 0 Å². The van der Waals surface area contributed by atoms with Crippen molar-refractivity contribution in [3.8, 4) is 0 Å². The zero-order valence-electron chi connectivity index (χ0n) is 8.67. The summed E-state index contributed by atoms with van der Waals surface area (Å²) < 4.78 is 5.06. The van der Waals surface area contributed by atoms with Crippen molar-refractivity contribution in [2.45, 2.75) is 32.2 Å². The van der Waals surface area contributed by atoms with Gasteiger partial charge < -0.3 is 4.74 Å². The number of alkyl halides is 1. The highest BCUT2D eigenvalue weighted by Crippen LogP contribution is 2.18. The molecular weight excluding hydrogens is 246 g/mol. The van der Waals surface area contributed by atoms with Crippen LogP contribution in [0, 0.1) is 0 Å². The van der Waals surface area contributed by atoms with Crippen LogP contribution in [0.1, 0.15) is 26.2 Å². The van der Waals surface area contributed by atoms with E-state index in [1.807, 2.05) is 6.92 Å². The third-order valence-electron chi connectivity index (χ3n) is 2.54. The minimum absolute atomic E-state index is 0.00116. The quantitative estimate of drug-likeness (QED) is 0.573. The van der Waals surface area contributed by atoms with Gasteiger partial charge in [0.2, 0.25) is 0 Å². The molecule has 0 aromatic carbocycles. The highest BCUT2D eigenvalue weighted by molar-refractivity contribution is 9.09. The topological polar surface area (TPSA) is 29.5 Å². The van der Waals surface area contributed by atoms with Crippen molar-refractivity contribution in [1.29, 1.82) is 0 Å². The summed E-state index contributed by atoms with van der Waals surface area (Å²) in [5.41, 5.74) is 0. The number of rotatable bonds is 4. The molecule has 0 aromatic rings. The van der Waals surface area contributed by atoms with Gasteiger partial charge in [0.25, 0.3) is 0 Å². The number of hydrogen-bond donors (Lipinski definition) is 0. The van der Waals surface area contributed by atoms with Crippen LogP contribution in [-0.4, -0.2) is 41.9 Å². The molecule has 1 heterocycles. The molecule has 3 nitrogen and oxygen atoms in total. The van der Waals surface area contributed by atoms with Crippen LogP contribution in [0.2, 0.25) is 0 Å². The molecule has 0 N–H and O–H groups in total. The predicted molar refractivity (Wildman–Crippen MR) is 59.6 cm³/mol. The van der Waals surface area contributed by atoms with Crippen LogP contribution in [0.4, 0.5) is 0 Å². The molecule has 0 spiro atoms. The molecule has 0 bridgehead atoms. The number of nitrogens with zero attached hydrogens (tertiary/aromatic N) is 1. The molecule has 4 heteroatoms. The van der Waals surface area contributed by atoms with Crippen LogP contribution in [0.15, 0.2) is 0 Å². The van der Waals surface area contributed by atoms with Gasteiger partial charge in [0.15, 0.2) is 0 Å². The number of likely N-dealkylation sites (tertiary alicyclic amines) is 1. The predicted octanol–water partition coefficient (Wildman–Crippen LogP) is 1.80. The maximum Gasteiger partial charge on any atom is 0.323 e. The SMILES string of the molecule is CCOC(=O)C1CCCCN1CCBr. The maximum atomic E-state index is 11.6. The van der Waals surface area contributed by atoms with Crippen molar-refractivity contribution in [1.82, 2.24) is 4.90 Å². The fourth-order valence-corrected chi connectivity index (χ4v) is 2.33. The van der Waals surface area contributed by atoms with Gasteiger partial charge in [-0.3, -0.25) is 9.69 Å². The zero-order chi connectivity index (χ0) is 10.4. The molecule has 1 aliphatic heterocycles. The summed E-state index contributed by atoms with van der Waals surface area (Å²) in [5.74, 6) is -0.0480. The first kappa shape index (κ1) is 12.0. The summed E-state index contributed by atoms with van der Waals surface area (Å²) in [5, 5.41) is 0.920. The molecule has 0 aliphatic carbocycles. The lowest BCUT2D eigenvalue weighted by Gasteiger charge is -2.33. The number of halogens is 1. The molecule has 1 aliphatic rings. The second kappa shape index (κ2) is 6.40. The van der Waals surface area contributed by atoms with Gasteiger partial charge in [-0.2, -0.15) is 0 Å². The Kier molecular flexibility index (Phi) is 5.48. The van der Waals surface area contributed by atoms with Gasteiger partial charge in [-0.15, -0.1) is 0 Å². The first-order valence-corrected chi connectivity index (χ1v) is 6.38. The van der Waals surface area contributed by atoms with E-state index in [4.69, 9.17) is 4.74 Å². The Morgan fingerprint density at radius 3 is 3.00 bits per heavy atom. The summed E-state index contributed by atoms with van der Waals surface area (Å²) in [6.45, 7) is 4.30. The second-order valence-corrected chi connectivity index (χ2v) is 4.28. The van der Waals surface area contributed by atoms with Crippen molar-refractivity contribution in [3.05, 3.63) is 0 Å². The first-order valence-electron chi connectivity index (χ1n) is 5.26. The van der Waals surface area contributed by atoms with E-state index in [1.54, 1.807) is 0 Å². The second-order valence-electron chi connectivity index (χ2n) is 3.49. The van der Waals surface area contributed by atoms with E-state index >= 15 is 0 Å². The maximum absolute atomic E-state index is 11.6. The number of ether oxygens (including phenoxy) is 1. The van der Waals surface area contributed by atoms with Gasteiger partial charge in [-0.05, 0) is 26.3 Å². The third-order valence-corrected chi connectivity index (χ3v) is 2.90. The number of carbonyl (C=O) groups is 1. The molecule has 0 aromatic heterocycles. The summed E-state index contributed by atoms with van der Waals surface area (Å²) in [4.78, 5) is 13.8. The van der Waals surface area contributed by atoms with E-state index in [1.165, 1.54) is 6.42 Å². The molecule has 1 fully saturated rings. The zero-order valence-corrected chi connectivity index (χ0v) is 10.3. The van der Waals surface area contributed by atoms with Crippen molar-refractivity contribution in [3.63, 3.8) is 0 Å². The lowest BCUT2D eigenvalue weighted by molar-refractivity contribution is -0.150. The molecule has 0 radical (unpaired) electrons. The summed E-state index contributed by atoms with van der Waals surface area (Å²) in [6, 6.07) is 0.00116. The Labute approximate surface area is 93.9 Å². The first-order chi connectivity index (χ1) is 6.79. The highest BCUT2D eigenvalue weighted by atomic mass is 79.9. The van der Waals surface area contributed by atoms with Crippen molar-refractivity contribution in [2.75, 3.05) is 25.0 Å². The average molecular weight is 264 g/mol. The van der Waals surface area contributed by atoms with Gasteiger partial charge in [0.05, 0.1) is 6.61 Å². The summed E-state index contributed by atoms with van der Waals surface area (Å²) >= 11 is 3.41. The van der Waals surface area contributed by atoms with Crippen LogP contribution < -0.4 is 0 Å². The lowest BCUT2D eigenvalue weighted by Crippen LogP contribution is -2.46. The van der Waals surface area contributed by atoms with E-state index in [2.05, 4.69) is 20.8 Å². The van der Waals surface area contributed by atoms with E-state index in [9.17, 15) is 4.79 Å². The molecule has 82 valence electrons. The molecule has 1 rings (SSSR count). The van der Waals surface area contributed by atoms with E-state index in [0.29, 0.717) is 6.61 Å². The Morgan fingerprint density at radius 1 is 1.57 bits per heavy atom. The third kappa shape index (κ3) is 3.24. The monoisotopic (exact) mass is 263 g/mol. The smallest absolute Gasteiger partial charge is 0.323 e. The van der Waals surface area contributed by atoms with Gasteiger partial charge in [-0.25, -0.2) is 0 Å². The van der Waals surface area contributed by atoms with Gasteiger partial charge in [0, 0.05) is 11.9 Å². The molecule has 0 saturated carbocycles. The number of esters is 1. The standard InChI is InChI=1S/C10H18BrNO2/c1-2-14-10(13)9-5-3-4-7-12(9)8-6-11/h9H,2-8H2,1H3. The van der Waals surface area contributed by atoms with Gasteiger partial charge in [0.1, 0.15) is 6.04 Å². The fraction of sp³-hybridized carbons (Fsp3) is 0.900. The number of hydrogen-bond acceptors (Lipinski definition) is 3. The van der Waals surface area contributed by atoms with Crippen LogP contribution in [-0.2, 0) is 9.53 Å². The molecule has 1 atom stereocenters. The van der Waals surface area contributed by atoms with Crippen LogP contribution in [0.25, 0.3) is 0 Å². The van der Waals surface area contributed by atoms with E-state index in [-0.39, 0.29) is 12.0 Å². The van der Waals surface area contributed by atoms with Crippen LogP contribution in [0.5, 0.6) is 0 Å². The molecule has 0 amide bonds. The molecule has 14 heavy (non-hydrogen) atoms. The molecule has 1 saturated heterocycles. The van der Waals surface area contributed by atoms with Crippen molar-refractivity contribution >= 4 is 21.9 Å². The van der Waals surface area contributed by atoms with E-state index < -0.39 is 0 Å². The fourth-order valence-electron chi connectivity index (χ4n) is 1.87. The number of carbonyl (C=O) groups excluding carboxylic acids is 1. The largest absolute Gasteiger partial charge is 0.465 e. The van der Waals surface area contributed by atoms with Crippen molar-refractivity contribution < 1.29 is 9.53 Å².